The Morgan fingerprint density at radius 1 is 1.23 bits per heavy atom. The third-order valence-electron chi connectivity index (χ3n) is 4.62. The number of aliphatic imine (C=N–C) groups is 1. The number of aryl methyl sites for hydroxylation is 1. The number of nitrogens with one attached hydrogen (secondary N) is 1. The number of carbonyl (C=O) groups excluding carboxylic acids is 1. The zero-order chi connectivity index (χ0) is 21.8. The molecule has 0 unspecified atom stereocenters. The quantitative estimate of drug-likeness (QED) is 0.690. The highest BCUT2D eigenvalue weighted by atomic mass is 35.5. The number of fused-ring (bicyclic) bond motifs is 1. The summed E-state index contributed by atoms with van der Waals surface area (Å²) in [5, 5.41) is 14.1. The van der Waals surface area contributed by atoms with Crippen molar-refractivity contribution in [3.8, 4) is 5.69 Å². The predicted octanol–water partition coefficient (Wildman–Crippen LogP) is 3.37. The first-order valence-electron chi connectivity index (χ1n) is 8.72. The van der Waals surface area contributed by atoms with E-state index in [-0.39, 0.29) is 21.0 Å². The van der Waals surface area contributed by atoms with Gasteiger partial charge < -0.3 is 4.57 Å². The van der Waals surface area contributed by atoms with Crippen molar-refractivity contribution in [3.63, 3.8) is 0 Å². The van der Waals surface area contributed by atoms with Crippen molar-refractivity contribution < 1.29 is 13.2 Å². The van der Waals surface area contributed by atoms with Gasteiger partial charge in [-0.15, -0.1) is 5.10 Å². The Morgan fingerprint density at radius 2 is 1.93 bits per heavy atom. The maximum atomic E-state index is 12.6. The molecule has 11 heteroatoms. The van der Waals surface area contributed by atoms with Gasteiger partial charge in [-0.05, 0) is 55.4 Å². The zero-order valence-electron chi connectivity index (χ0n) is 16.2. The van der Waals surface area contributed by atoms with Crippen molar-refractivity contribution in [1.82, 2.24) is 9.58 Å². The van der Waals surface area contributed by atoms with Gasteiger partial charge in [-0.2, -0.15) is 10.0 Å². The molecule has 0 aliphatic carbocycles. The third kappa shape index (κ3) is 3.40. The number of nitrogens with zero attached hydrogens (tertiary/aromatic N) is 4. The molecule has 0 bridgehead atoms. The first-order chi connectivity index (χ1) is 14.1. The number of hydrazone groups is 1. The first kappa shape index (κ1) is 20.6. The first-order valence-corrected chi connectivity index (χ1v) is 11.8. The van der Waals surface area contributed by atoms with Crippen LogP contribution < -0.4 is 0 Å². The monoisotopic (exact) mass is 461 g/mol. The van der Waals surface area contributed by atoms with Crippen molar-refractivity contribution in [2.24, 2.45) is 10.1 Å². The highest BCUT2D eigenvalue weighted by Crippen LogP contribution is 2.31. The second kappa shape index (κ2) is 7.22. The summed E-state index contributed by atoms with van der Waals surface area (Å²) in [6.07, 6.45) is 2.59. The van der Waals surface area contributed by atoms with Gasteiger partial charge in [0.05, 0.1) is 16.3 Å². The molecule has 0 spiro atoms. The number of benzene rings is 1. The summed E-state index contributed by atoms with van der Waals surface area (Å²) in [6.45, 7) is 3.81. The van der Waals surface area contributed by atoms with Gasteiger partial charge in [-0.1, -0.05) is 23.7 Å². The molecule has 0 saturated carbocycles. The van der Waals surface area contributed by atoms with E-state index in [1.807, 2.05) is 42.7 Å². The van der Waals surface area contributed by atoms with Crippen molar-refractivity contribution in [3.05, 3.63) is 57.9 Å². The molecule has 8 nitrogen and oxygen atoms in total. The Balaban J connectivity index is 1.78. The molecule has 0 saturated heterocycles. The zero-order valence-corrected chi connectivity index (χ0v) is 18.6. The molecule has 0 fully saturated rings. The number of hydrogen-bond acceptors (Lipinski definition) is 6. The van der Waals surface area contributed by atoms with E-state index in [2.05, 4.69) is 10.1 Å². The lowest BCUT2D eigenvalue weighted by atomic mass is 10.1. The maximum Gasteiger partial charge on any atom is 0.283 e. The summed E-state index contributed by atoms with van der Waals surface area (Å²) < 4.78 is 25.3. The van der Waals surface area contributed by atoms with Crippen molar-refractivity contribution in [2.45, 2.75) is 13.8 Å². The van der Waals surface area contributed by atoms with Gasteiger partial charge in [0.2, 0.25) is 19.4 Å². The highest BCUT2D eigenvalue weighted by molar-refractivity contribution is 8.42. The largest absolute Gasteiger partial charge is 0.316 e. The van der Waals surface area contributed by atoms with Crippen LogP contribution in [0.5, 0.6) is 0 Å². The average Bonchev–Trinajstić information content (AvgIpc) is 3.21. The van der Waals surface area contributed by atoms with Crippen LogP contribution in [0.4, 0.5) is 0 Å². The van der Waals surface area contributed by atoms with Crippen LogP contribution in [0.15, 0.2) is 46.0 Å². The highest BCUT2D eigenvalue weighted by Gasteiger charge is 2.38. The van der Waals surface area contributed by atoms with E-state index < -0.39 is 15.7 Å². The SMILES string of the molecule is Cc1cc(/C=C2\C(=N)N3N=C(S(C)(=O)=O)SC3=NC2=O)c(C)n1-c1ccccc1Cl. The number of amides is 1. The van der Waals surface area contributed by atoms with Gasteiger partial charge >= 0.3 is 0 Å². The van der Waals surface area contributed by atoms with E-state index >= 15 is 0 Å². The van der Waals surface area contributed by atoms with E-state index in [9.17, 15) is 13.2 Å². The van der Waals surface area contributed by atoms with Gasteiger partial charge in [0.15, 0.2) is 5.84 Å². The lowest BCUT2D eigenvalue weighted by Crippen LogP contribution is -2.35. The lowest BCUT2D eigenvalue weighted by Gasteiger charge is -2.20. The molecule has 2 aliphatic rings. The van der Waals surface area contributed by atoms with E-state index in [1.54, 1.807) is 12.1 Å². The van der Waals surface area contributed by atoms with Gasteiger partial charge in [0.1, 0.15) is 0 Å². The van der Waals surface area contributed by atoms with Crippen molar-refractivity contribution >= 4 is 60.6 Å². The molecule has 1 amide bonds. The molecular formula is C19H16ClN5O3S2. The minimum Gasteiger partial charge on any atom is -0.316 e. The Hall–Kier alpha value is -2.69. The number of rotatable bonds is 2. The van der Waals surface area contributed by atoms with E-state index in [4.69, 9.17) is 17.0 Å². The maximum absolute atomic E-state index is 12.6. The average molecular weight is 462 g/mol. The number of sulfone groups is 1. The van der Waals surface area contributed by atoms with Crippen LogP contribution in [-0.2, 0) is 14.6 Å². The molecular weight excluding hydrogens is 446 g/mol. The van der Waals surface area contributed by atoms with Gasteiger partial charge in [0, 0.05) is 17.6 Å². The number of carbonyl (C=O) groups is 1. The van der Waals surface area contributed by atoms with E-state index in [0.717, 1.165) is 45.7 Å². The summed E-state index contributed by atoms with van der Waals surface area (Å²) in [7, 11) is -3.57. The Labute approximate surface area is 182 Å². The molecule has 30 heavy (non-hydrogen) atoms. The Morgan fingerprint density at radius 3 is 2.60 bits per heavy atom. The Kier molecular flexibility index (Phi) is 4.95. The summed E-state index contributed by atoms with van der Waals surface area (Å²) in [5.74, 6) is -0.843. The molecule has 1 N–H and O–H groups in total. The number of hydrogen-bond donors (Lipinski definition) is 1. The summed E-state index contributed by atoms with van der Waals surface area (Å²) in [6, 6.07) is 9.31. The predicted molar refractivity (Wildman–Crippen MR) is 120 cm³/mol. The summed E-state index contributed by atoms with van der Waals surface area (Å²) in [4.78, 5) is 16.5. The standard InChI is InChI=1S/C19H16ClN5O3S2/c1-10-8-12(11(2)24(10)15-7-5-4-6-14(15)20)9-13-16(21)25-18(22-17(13)26)29-19(23-25)30(3,27)28/h4-9,21H,1-3H3/b13-9+,21-16?. The molecule has 3 heterocycles. The molecule has 2 aliphatic heterocycles. The summed E-state index contributed by atoms with van der Waals surface area (Å²) >= 11 is 7.10. The molecule has 0 atom stereocenters. The molecule has 154 valence electrons. The van der Waals surface area contributed by atoms with Gasteiger partial charge in [0.25, 0.3) is 5.91 Å². The van der Waals surface area contributed by atoms with Crippen LogP contribution in [0.3, 0.4) is 0 Å². The van der Waals surface area contributed by atoms with Gasteiger partial charge in [-0.3, -0.25) is 10.2 Å². The Bertz CT molecular complexity index is 1320. The topological polar surface area (TPSA) is 108 Å². The van der Waals surface area contributed by atoms with Crippen LogP contribution in [-0.4, -0.2) is 45.5 Å². The second-order valence-electron chi connectivity index (χ2n) is 6.77. The van der Waals surface area contributed by atoms with Crippen LogP contribution >= 0.6 is 23.4 Å². The van der Waals surface area contributed by atoms with Crippen molar-refractivity contribution in [1.29, 1.82) is 5.41 Å². The van der Waals surface area contributed by atoms with Crippen LogP contribution in [0.25, 0.3) is 11.8 Å². The number of halogens is 1. The fraction of sp³-hybridized carbons (Fsp3) is 0.158. The molecule has 1 aromatic heterocycles. The number of aromatic nitrogens is 1. The lowest BCUT2D eigenvalue weighted by molar-refractivity contribution is -0.114. The fourth-order valence-corrected chi connectivity index (χ4v) is 5.12. The second-order valence-corrected chi connectivity index (χ2v) is 10.3. The molecule has 1 aromatic carbocycles. The number of para-hydroxylation sites is 1. The van der Waals surface area contributed by atoms with Crippen LogP contribution in [0.1, 0.15) is 17.0 Å². The van der Waals surface area contributed by atoms with Crippen LogP contribution in [0.2, 0.25) is 5.02 Å². The molecule has 4 rings (SSSR count). The molecule has 2 aromatic rings. The normalized spacial score (nSPS) is 18.0. The fourth-order valence-electron chi connectivity index (χ4n) is 3.22. The third-order valence-corrected chi connectivity index (χ3v) is 7.51. The molecule has 0 radical (unpaired) electrons. The van der Waals surface area contributed by atoms with Crippen LogP contribution in [0, 0.1) is 19.3 Å². The minimum absolute atomic E-state index is 0.0252. The number of amidine groups is 2. The van der Waals surface area contributed by atoms with E-state index in [0.29, 0.717) is 5.02 Å². The smallest absolute Gasteiger partial charge is 0.283 e. The number of thioether (sulfide) groups is 1. The summed E-state index contributed by atoms with van der Waals surface area (Å²) in [5.41, 5.74) is 3.29. The van der Waals surface area contributed by atoms with Crippen molar-refractivity contribution in [2.75, 3.05) is 6.26 Å². The van der Waals surface area contributed by atoms with E-state index in [1.165, 1.54) is 0 Å². The van der Waals surface area contributed by atoms with Gasteiger partial charge in [-0.25, -0.2) is 8.42 Å². The minimum atomic E-state index is -3.57.